The van der Waals surface area contributed by atoms with Crippen LogP contribution < -0.4 is 5.32 Å². The molecule has 0 aliphatic carbocycles. The summed E-state index contributed by atoms with van der Waals surface area (Å²) in [5.74, 6) is -0.321. The highest BCUT2D eigenvalue weighted by Gasteiger charge is 2.19. The van der Waals surface area contributed by atoms with Crippen LogP contribution in [0.5, 0.6) is 0 Å². The Hall–Kier alpha value is -1.51. The molecule has 1 saturated heterocycles. The van der Waals surface area contributed by atoms with Gasteiger partial charge >= 0.3 is 0 Å². The standard InChI is InChI=1S/C13H16BrN3O4/c14-12-10(2-1-3-11(12)17(19)20)13(18)15-4-5-16-6-8-21-9-7-16/h1-3H,4-9H2,(H,15,18). The molecule has 114 valence electrons. The molecule has 0 aromatic heterocycles. The number of nitro groups is 1. The van der Waals surface area contributed by atoms with E-state index >= 15 is 0 Å². The number of benzene rings is 1. The van der Waals surface area contributed by atoms with Gasteiger partial charge in [-0.3, -0.25) is 19.8 Å². The summed E-state index contributed by atoms with van der Waals surface area (Å²) in [4.78, 5) is 24.6. The van der Waals surface area contributed by atoms with E-state index in [9.17, 15) is 14.9 Å². The Bertz CT molecular complexity index is 532. The second-order valence-corrected chi connectivity index (χ2v) is 5.40. The molecule has 0 spiro atoms. The monoisotopic (exact) mass is 357 g/mol. The summed E-state index contributed by atoms with van der Waals surface area (Å²) in [5, 5.41) is 13.6. The van der Waals surface area contributed by atoms with Gasteiger partial charge in [-0.15, -0.1) is 0 Å². The Morgan fingerprint density at radius 2 is 2.14 bits per heavy atom. The minimum atomic E-state index is -0.519. The third-order valence-corrected chi connectivity index (χ3v) is 4.07. The van der Waals surface area contributed by atoms with Crippen LogP contribution in [0.25, 0.3) is 0 Å². The van der Waals surface area contributed by atoms with Crippen molar-refractivity contribution in [1.29, 1.82) is 0 Å². The van der Waals surface area contributed by atoms with Crippen LogP contribution in [0.4, 0.5) is 5.69 Å². The molecule has 1 amide bonds. The first-order chi connectivity index (χ1) is 10.1. The van der Waals surface area contributed by atoms with Crippen molar-refractivity contribution in [3.05, 3.63) is 38.3 Å². The third kappa shape index (κ3) is 4.23. The second-order valence-electron chi connectivity index (χ2n) is 4.61. The van der Waals surface area contributed by atoms with Crippen molar-refractivity contribution >= 4 is 27.5 Å². The SMILES string of the molecule is O=C(NCCN1CCOCC1)c1cccc([N+](=O)[O-])c1Br. The molecule has 0 unspecified atom stereocenters. The number of hydrogen-bond donors (Lipinski definition) is 1. The minimum Gasteiger partial charge on any atom is -0.379 e. The largest absolute Gasteiger partial charge is 0.379 e. The lowest BCUT2D eigenvalue weighted by molar-refractivity contribution is -0.385. The molecular formula is C13H16BrN3O4. The van der Waals surface area contributed by atoms with Gasteiger partial charge in [-0.25, -0.2) is 0 Å². The molecule has 2 rings (SSSR count). The van der Waals surface area contributed by atoms with E-state index in [0.29, 0.717) is 19.8 Å². The fourth-order valence-corrected chi connectivity index (χ4v) is 2.67. The predicted molar refractivity (Wildman–Crippen MR) is 80.4 cm³/mol. The molecule has 1 aromatic carbocycles. The summed E-state index contributed by atoms with van der Waals surface area (Å²) in [5.41, 5.74) is 0.155. The Labute approximate surface area is 130 Å². The molecule has 7 nitrogen and oxygen atoms in total. The van der Waals surface area contributed by atoms with Crippen molar-refractivity contribution in [2.24, 2.45) is 0 Å². The number of nitrogens with one attached hydrogen (secondary N) is 1. The number of morpholine rings is 1. The zero-order valence-electron chi connectivity index (χ0n) is 11.4. The number of amides is 1. The lowest BCUT2D eigenvalue weighted by atomic mass is 10.2. The van der Waals surface area contributed by atoms with E-state index in [-0.39, 0.29) is 21.6 Å². The van der Waals surface area contributed by atoms with Crippen LogP contribution in [0, 0.1) is 10.1 Å². The van der Waals surface area contributed by atoms with Gasteiger partial charge in [0, 0.05) is 32.2 Å². The molecular weight excluding hydrogens is 342 g/mol. The van der Waals surface area contributed by atoms with E-state index in [1.54, 1.807) is 6.07 Å². The van der Waals surface area contributed by atoms with E-state index in [0.717, 1.165) is 19.6 Å². The third-order valence-electron chi connectivity index (χ3n) is 3.24. The van der Waals surface area contributed by atoms with E-state index < -0.39 is 4.92 Å². The van der Waals surface area contributed by atoms with Crippen molar-refractivity contribution in [3.63, 3.8) is 0 Å². The molecule has 1 N–H and O–H groups in total. The summed E-state index contributed by atoms with van der Waals surface area (Å²) >= 11 is 3.12. The summed E-state index contributed by atoms with van der Waals surface area (Å²) in [6, 6.07) is 4.41. The average Bonchev–Trinajstić information content (AvgIpc) is 2.48. The van der Waals surface area contributed by atoms with Crippen molar-refractivity contribution in [2.75, 3.05) is 39.4 Å². The summed E-state index contributed by atoms with van der Waals surface area (Å²) < 4.78 is 5.46. The Balaban J connectivity index is 1.91. The number of rotatable bonds is 5. The zero-order valence-corrected chi connectivity index (χ0v) is 13.0. The molecule has 1 heterocycles. The molecule has 0 radical (unpaired) electrons. The first-order valence-electron chi connectivity index (χ1n) is 6.61. The number of hydrogen-bond acceptors (Lipinski definition) is 5. The summed E-state index contributed by atoms with van der Waals surface area (Å²) in [6.45, 7) is 4.37. The van der Waals surface area contributed by atoms with E-state index in [1.165, 1.54) is 12.1 Å². The highest BCUT2D eigenvalue weighted by Crippen LogP contribution is 2.28. The van der Waals surface area contributed by atoms with Crippen LogP contribution in [0.2, 0.25) is 0 Å². The van der Waals surface area contributed by atoms with Gasteiger partial charge in [-0.2, -0.15) is 0 Å². The van der Waals surface area contributed by atoms with Crippen LogP contribution in [0.3, 0.4) is 0 Å². The Morgan fingerprint density at radius 3 is 2.81 bits per heavy atom. The van der Waals surface area contributed by atoms with Gasteiger partial charge in [-0.1, -0.05) is 6.07 Å². The molecule has 0 atom stereocenters. The van der Waals surface area contributed by atoms with E-state index in [4.69, 9.17) is 4.74 Å². The van der Waals surface area contributed by atoms with Gasteiger partial charge in [0.15, 0.2) is 0 Å². The number of carbonyl (C=O) groups excluding carboxylic acids is 1. The van der Waals surface area contributed by atoms with Crippen LogP contribution in [-0.4, -0.2) is 55.1 Å². The Kier molecular flexibility index (Phi) is 5.66. The van der Waals surface area contributed by atoms with Gasteiger partial charge in [0.25, 0.3) is 11.6 Å². The molecule has 1 fully saturated rings. The fraction of sp³-hybridized carbons (Fsp3) is 0.462. The molecule has 8 heteroatoms. The van der Waals surface area contributed by atoms with Crippen molar-refractivity contribution in [2.45, 2.75) is 0 Å². The minimum absolute atomic E-state index is 0.115. The van der Waals surface area contributed by atoms with Crippen molar-refractivity contribution in [3.8, 4) is 0 Å². The van der Waals surface area contributed by atoms with Crippen molar-refractivity contribution < 1.29 is 14.5 Å². The van der Waals surface area contributed by atoms with E-state index in [1.807, 2.05) is 0 Å². The maximum Gasteiger partial charge on any atom is 0.284 e. The van der Waals surface area contributed by atoms with Crippen LogP contribution in [0.1, 0.15) is 10.4 Å². The maximum absolute atomic E-state index is 12.1. The Morgan fingerprint density at radius 1 is 1.43 bits per heavy atom. The summed E-state index contributed by atoms with van der Waals surface area (Å²) in [6.07, 6.45) is 0. The average molecular weight is 358 g/mol. The van der Waals surface area contributed by atoms with Crippen LogP contribution >= 0.6 is 15.9 Å². The first-order valence-corrected chi connectivity index (χ1v) is 7.40. The molecule has 0 bridgehead atoms. The zero-order chi connectivity index (χ0) is 15.2. The number of nitrogens with zero attached hydrogens (tertiary/aromatic N) is 2. The smallest absolute Gasteiger partial charge is 0.284 e. The quantitative estimate of drug-likeness (QED) is 0.636. The summed E-state index contributed by atoms with van der Waals surface area (Å²) in [7, 11) is 0. The van der Waals surface area contributed by atoms with Gasteiger partial charge in [0.2, 0.25) is 0 Å². The molecule has 1 aliphatic heterocycles. The first kappa shape index (κ1) is 15.9. The van der Waals surface area contributed by atoms with Gasteiger partial charge < -0.3 is 10.1 Å². The number of nitro benzene ring substituents is 1. The molecule has 21 heavy (non-hydrogen) atoms. The molecule has 0 saturated carbocycles. The fourth-order valence-electron chi connectivity index (χ4n) is 2.08. The van der Waals surface area contributed by atoms with Crippen molar-refractivity contribution in [1.82, 2.24) is 10.2 Å². The van der Waals surface area contributed by atoms with Gasteiger partial charge in [-0.05, 0) is 22.0 Å². The van der Waals surface area contributed by atoms with Gasteiger partial charge in [0.1, 0.15) is 4.47 Å². The topological polar surface area (TPSA) is 84.7 Å². The predicted octanol–water partition coefficient (Wildman–Crippen LogP) is 1.42. The molecule has 1 aromatic rings. The van der Waals surface area contributed by atoms with Crippen LogP contribution in [-0.2, 0) is 4.74 Å². The highest BCUT2D eigenvalue weighted by molar-refractivity contribution is 9.10. The number of carbonyl (C=O) groups is 1. The normalized spacial score (nSPS) is 15.7. The van der Waals surface area contributed by atoms with Gasteiger partial charge in [0.05, 0.1) is 23.7 Å². The number of ether oxygens (including phenoxy) is 1. The highest BCUT2D eigenvalue weighted by atomic mass is 79.9. The lowest BCUT2D eigenvalue weighted by Crippen LogP contribution is -2.41. The lowest BCUT2D eigenvalue weighted by Gasteiger charge is -2.26. The molecule has 1 aliphatic rings. The van der Waals surface area contributed by atoms with E-state index in [2.05, 4.69) is 26.1 Å². The number of halogens is 1. The maximum atomic E-state index is 12.1. The second kappa shape index (κ2) is 7.48. The van der Waals surface area contributed by atoms with Crippen LogP contribution in [0.15, 0.2) is 22.7 Å².